The Morgan fingerprint density at radius 1 is 1.27 bits per heavy atom. The molecule has 0 saturated carbocycles. The molecule has 2 amide bonds. The summed E-state index contributed by atoms with van der Waals surface area (Å²) in [5, 5.41) is 8.57. The van der Waals surface area contributed by atoms with E-state index in [9.17, 15) is 9.59 Å². The van der Waals surface area contributed by atoms with Gasteiger partial charge in [-0.25, -0.2) is 0 Å². The molecule has 1 aromatic rings. The molecular weight excluding hydrogens is 306 g/mol. The lowest BCUT2D eigenvalue weighted by Gasteiger charge is -2.10. The Bertz CT molecular complexity index is 487. The quantitative estimate of drug-likeness (QED) is 0.709. The van der Waals surface area contributed by atoms with Crippen LogP contribution in [0.3, 0.4) is 0 Å². The lowest BCUT2D eigenvalue weighted by molar-refractivity contribution is -0.128. The van der Waals surface area contributed by atoms with E-state index in [4.69, 9.17) is 4.74 Å². The Balaban J connectivity index is 0.00000242. The molecule has 0 aromatic heterocycles. The van der Waals surface area contributed by atoms with E-state index in [-0.39, 0.29) is 36.7 Å². The highest BCUT2D eigenvalue weighted by Gasteiger charge is 2.22. The first-order valence-electron chi connectivity index (χ1n) is 7.07. The van der Waals surface area contributed by atoms with Crippen molar-refractivity contribution in [2.24, 2.45) is 5.92 Å². The number of rotatable bonds is 6. The Morgan fingerprint density at radius 2 is 2.00 bits per heavy atom. The predicted molar refractivity (Wildman–Crippen MR) is 86.1 cm³/mol. The van der Waals surface area contributed by atoms with Gasteiger partial charge in [0.05, 0.1) is 19.6 Å². The molecule has 6 nitrogen and oxygen atoms in total. The number of hydrogen-bond acceptors (Lipinski definition) is 4. The summed E-state index contributed by atoms with van der Waals surface area (Å²) in [6, 6.07) is 7.47. The Hall–Kier alpha value is -1.79. The summed E-state index contributed by atoms with van der Waals surface area (Å²) in [5.74, 6) is 0.520. The molecule has 0 radical (unpaired) electrons. The van der Waals surface area contributed by atoms with Crippen molar-refractivity contribution >= 4 is 24.2 Å². The minimum Gasteiger partial charge on any atom is -0.497 e. The van der Waals surface area contributed by atoms with Gasteiger partial charge in [0, 0.05) is 13.1 Å². The number of ether oxygens (including phenoxy) is 1. The van der Waals surface area contributed by atoms with Crippen LogP contribution in [0.4, 0.5) is 0 Å². The predicted octanol–water partition coefficient (Wildman–Crippen LogP) is 0.459. The highest BCUT2D eigenvalue weighted by Crippen LogP contribution is 2.10. The molecule has 7 heteroatoms. The van der Waals surface area contributed by atoms with Crippen LogP contribution in [0, 0.1) is 5.92 Å². The standard InChI is InChI=1S/C15H21N3O3.ClH/c1-21-13-4-2-11(3-5-13)8-17-14(19)10-18-15(20)12-6-7-16-9-12;/h2-5,12,16H,6-10H2,1H3,(H,17,19)(H,18,20);1H. The van der Waals surface area contributed by atoms with Crippen molar-refractivity contribution < 1.29 is 14.3 Å². The van der Waals surface area contributed by atoms with E-state index in [2.05, 4.69) is 16.0 Å². The third-order valence-corrected chi connectivity index (χ3v) is 3.50. The fourth-order valence-electron chi connectivity index (χ4n) is 2.20. The number of carbonyl (C=O) groups excluding carboxylic acids is 2. The average molecular weight is 328 g/mol. The summed E-state index contributed by atoms with van der Waals surface area (Å²) in [4.78, 5) is 23.4. The Morgan fingerprint density at radius 3 is 2.59 bits per heavy atom. The molecule has 1 saturated heterocycles. The van der Waals surface area contributed by atoms with E-state index < -0.39 is 0 Å². The van der Waals surface area contributed by atoms with E-state index in [1.807, 2.05) is 24.3 Å². The molecule has 1 atom stereocenters. The molecular formula is C15H22ClN3O3. The van der Waals surface area contributed by atoms with E-state index in [1.165, 1.54) is 0 Å². The smallest absolute Gasteiger partial charge is 0.239 e. The molecule has 1 heterocycles. The monoisotopic (exact) mass is 327 g/mol. The molecule has 1 unspecified atom stereocenters. The van der Waals surface area contributed by atoms with E-state index in [0.29, 0.717) is 13.1 Å². The van der Waals surface area contributed by atoms with Gasteiger partial charge in [0.15, 0.2) is 0 Å². The summed E-state index contributed by atoms with van der Waals surface area (Å²) in [6.07, 6.45) is 0.833. The number of carbonyl (C=O) groups is 2. The number of nitrogens with one attached hydrogen (secondary N) is 3. The molecule has 1 aliphatic heterocycles. The number of hydrogen-bond donors (Lipinski definition) is 3. The first kappa shape index (κ1) is 18.3. The fraction of sp³-hybridized carbons (Fsp3) is 0.467. The highest BCUT2D eigenvalue weighted by molar-refractivity contribution is 5.86. The summed E-state index contributed by atoms with van der Waals surface area (Å²) in [6.45, 7) is 2.01. The van der Waals surface area contributed by atoms with E-state index >= 15 is 0 Å². The second kappa shape index (κ2) is 9.27. The van der Waals surface area contributed by atoms with Crippen LogP contribution in [0.2, 0.25) is 0 Å². The number of methoxy groups -OCH3 is 1. The lowest BCUT2D eigenvalue weighted by Crippen LogP contribution is -2.39. The molecule has 1 aliphatic rings. The van der Waals surface area contributed by atoms with Crippen molar-refractivity contribution in [2.45, 2.75) is 13.0 Å². The van der Waals surface area contributed by atoms with Crippen molar-refractivity contribution in [3.05, 3.63) is 29.8 Å². The van der Waals surface area contributed by atoms with Crippen LogP contribution < -0.4 is 20.7 Å². The highest BCUT2D eigenvalue weighted by atomic mass is 35.5. The van der Waals surface area contributed by atoms with Crippen molar-refractivity contribution in [1.29, 1.82) is 0 Å². The largest absolute Gasteiger partial charge is 0.497 e. The summed E-state index contributed by atoms with van der Waals surface area (Å²) in [7, 11) is 1.61. The summed E-state index contributed by atoms with van der Waals surface area (Å²) < 4.78 is 5.07. The molecule has 2 rings (SSSR count). The van der Waals surface area contributed by atoms with Crippen LogP contribution in [0.5, 0.6) is 5.75 Å². The van der Waals surface area contributed by atoms with Crippen LogP contribution in [-0.4, -0.2) is 38.6 Å². The van der Waals surface area contributed by atoms with Crippen molar-refractivity contribution in [3.8, 4) is 5.75 Å². The van der Waals surface area contributed by atoms with Gasteiger partial charge in [-0.3, -0.25) is 9.59 Å². The second-order valence-corrected chi connectivity index (χ2v) is 5.03. The van der Waals surface area contributed by atoms with Crippen LogP contribution in [-0.2, 0) is 16.1 Å². The van der Waals surface area contributed by atoms with Gasteiger partial charge in [-0.1, -0.05) is 12.1 Å². The first-order chi connectivity index (χ1) is 10.2. The maximum atomic E-state index is 11.7. The average Bonchev–Trinajstić information content (AvgIpc) is 3.05. The molecule has 0 spiro atoms. The normalized spacial score (nSPS) is 16.5. The number of amides is 2. The molecule has 1 aromatic carbocycles. The van der Waals surface area contributed by atoms with Gasteiger partial charge in [-0.05, 0) is 30.7 Å². The van der Waals surface area contributed by atoms with Crippen LogP contribution in [0.1, 0.15) is 12.0 Å². The zero-order valence-electron chi connectivity index (χ0n) is 12.6. The first-order valence-corrected chi connectivity index (χ1v) is 7.07. The van der Waals surface area contributed by atoms with E-state index in [1.54, 1.807) is 7.11 Å². The van der Waals surface area contributed by atoms with Gasteiger partial charge in [-0.15, -0.1) is 12.4 Å². The van der Waals surface area contributed by atoms with Crippen molar-refractivity contribution in [2.75, 3.05) is 26.7 Å². The number of benzene rings is 1. The van der Waals surface area contributed by atoms with Crippen molar-refractivity contribution in [3.63, 3.8) is 0 Å². The van der Waals surface area contributed by atoms with Crippen LogP contribution in [0.15, 0.2) is 24.3 Å². The minimum absolute atomic E-state index is 0. The fourth-order valence-corrected chi connectivity index (χ4v) is 2.20. The topological polar surface area (TPSA) is 79.5 Å². The second-order valence-electron chi connectivity index (χ2n) is 5.03. The third kappa shape index (κ3) is 5.54. The minimum atomic E-state index is -0.190. The molecule has 122 valence electrons. The van der Waals surface area contributed by atoms with Crippen LogP contribution >= 0.6 is 12.4 Å². The zero-order valence-corrected chi connectivity index (χ0v) is 13.4. The zero-order chi connectivity index (χ0) is 15.1. The van der Waals surface area contributed by atoms with Crippen LogP contribution in [0.25, 0.3) is 0 Å². The summed E-state index contributed by atoms with van der Waals surface area (Å²) >= 11 is 0. The molecule has 1 fully saturated rings. The lowest BCUT2D eigenvalue weighted by atomic mass is 10.1. The van der Waals surface area contributed by atoms with Gasteiger partial charge in [-0.2, -0.15) is 0 Å². The van der Waals surface area contributed by atoms with Gasteiger partial charge < -0.3 is 20.7 Å². The molecule has 0 bridgehead atoms. The Kier molecular flexibility index (Phi) is 7.70. The van der Waals surface area contributed by atoms with Gasteiger partial charge in [0.1, 0.15) is 5.75 Å². The van der Waals surface area contributed by atoms with Crippen molar-refractivity contribution in [1.82, 2.24) is 16.0 Å². The molecule has 22 heavy (non-hydrogen) atoms. The SMILES string of the molecule is COc1ccc(CNC(=O)CNC(=O)C2CCNC2)cc1.Cl. The maximum Gasteiger partial charge on any atom is 0.239 e. The van der Waals surface area contributed by atoms with Gasteiger partial charge in [0.25, 0.3) is 0 Å². The molecule has 3 N–H and O–H groups in total. The maximum absolute atomic E-state index is 11.7. The Labute approximate surface area is 136 Å². The van der Waals surface area contributed by atoms with Gasteiger partial charge in [0.2, 0.25) is 11.8 Å². The molecule has 0 aliphatic carbocycles. The van der Waals surface area contributed by atoms with E-state index in [0.717, 1.165) is 24.3 Å². The third-order valence-electron chi connectivity index (χ3n) is 3.50. The number of halogens is 1. The summed E-state index contributed by atoms with van der Waals surface area (Å²) in [5.41, 5.74) is 0.982. The van der Waals surface area contributed by atoms with Gasteiger partial charge >= 0.3 is 0 Å².